The lowest BCUT2D eigenvalue weighted by Gasteiger charge is -2.28. The summed E-state index contributed by atoms with van der Waals surface area (Å²) in [4.78, 5) is 29.5. The summed E-state index contributed by atoms with van der Waals surface area (Å²) in [7, 11) is 0. The Labute approximate surface area is 157 Å². The number of aromatic nitrogens is 1. The van der Waals surface area contributed by atoms with E-state index >= 15 is 0 Å². The molecule has 1 aliphatic rings. The molecule has 0 spiro atoms. The van der Waals surface area contributed by atoms with Gasteiger partial charge in [-0.1, -0.05) is 32.9 Å². The second kappa shape index (κ2) is 7.62. The Balaban J connectivity index is 1.85. The standard InChI is InChI=1S/C21H26N2O2S/c1-21(2,3)18(24)14-19-22-20(25)17(26-19)13-15-7-9-16(10-8-15)23-11-5-4-6-12-23/h7-10,13-14H,4-6,11-12H2,1-3H3,(H,22,25)/b17-13-,19-14+. The van der Waals surface area contributed by atoms with Crippen LogP contribution in [0.15, 0.2) is 29.1 Å². The summed E-state index contributed by atoms with van der Waals surface area (Å²) in [5, 5.41) is 0. The highest BCUT2D eigenvalue weighted by molar-refractivity contribution is 7.07. The van der Waals surface area contributed by atoms with Crippen molar-refractivity contribution in [2.45, 2.75) is 40.0 Å². The van der Waals surface area contributed by atoms with Gasteiger partial charge in [0, 0.05) is 30.3 Å². The van der Waals surface area contributed by atoms with Gasteiger partial charge < -0.3 is 9.88 Å². The predicted octanol–water partition coefficient (Wildman–Crippen LogP) is 2.65. The zero-order chi connectivity index (χ0) is 18.7. The first-order valence-electron chi connectivity index (χ1n) is 9.15. The molecule has 0 atom stereocenters. The second-order valence-electron chi connectivity index (χ2n) is 7.83. The van der Waals surface area contributed by atoms with Crippen molar-refractivity contribution in [2.75, 3.05) is 18.0 Å². The first kappa shape index (κ1) is 18.6. The Bertz CT molecular complexity index is 940. The summed E-state index contributed by atoms with van der Waals surface area (Å²) in [6.07, 6.45) is 7.24. The molecular formula is C21H26N2O2S. The molecule has 138 valence electrons. The number of H-pyrrole nitrogens is 1. The van der Waals surface area contributed by atoms with Crippen LogP contribution in [-0.4, -0.2) is 23.9 Å². The molecule has 26 heavy (non-hydrogen) atoms. The van der Waals surface area contributed by atoms with Crippen molar-refractivity contribution in [2.24, 2.45) is 5.41 Å². The predicted molar refractivity (Wildman–Crippen MR) is 109 cm³/mol. The largest absolute Gasteiger partial charge is 0.372 e. The molecule has 5 heteroatoms. The highest BCUT2D eigenvalue weighted by Gasteiger charge is 2.18. The first-order chi connectivity index (χ1) is 12.3. The smallest absolute Gasteiger partial charge is 0.266 e. The number of rotatable bonds is 3. The average Bonchev–Trinajstić information content (AvgIpc) is 2.94. The van der Waals surface area contributed by atoms with Crippen molar-refractivity contribution >= 4 is 35.0 Å². The fraction of sp³-hybridized carbons (Fsp3) is 0.429. The maximum absolute atomic E-state index is 12.2. The molecule has 1 aromatic carbocycles. The van der Waals surface area contributed by atoms with E-state index in [0.29, 0.717) is 9.20 Å². The van der Waals surface area contributed by atoms with Crippen LogP contribution in [0.2, 0.25) is 0 Å². The topological polar surface area (TPSA) is 53.2 Å². The van der Waals surface area contributed by atoms with Gasteiger partial charge in [-0.25, -0.2) is 0 Å². The molecule has 4 nitrogen and oxygen atoms in total. The fourth-order valence-electron chi connectivity index (χ4n) is 2.94. The normalized spacial score (nSPS) is 17.0. The average molecular weight is 371 g/mol. The highest BCUT2D eigenvalue weighted by Crippen LogP contribution is 2.20. The minimum atomic E-state index is -0.449. The number of nitrogens with zero attached hydrogens (tertiary/aromatic N) is 1. The monoisotopic (exact) mass is 370 g/mol. The van der Waals surface area contributed by atoms with Crippen molar-refractivity contribution in [3.05, 3.63) is 49.4 Å². The lowest BCUT2D eigenvalue weighted by Crippen LogP contribution is -2.29. The molecule has 1 aromatic heterocycles. The number of hydrogen-bond acceptors (Lipinski definition) is 4. The third-order valence-corrected chi connectivity index (χ3v) is 5.56. The van der Waals surface area contributed by atoms with Crippen LogP contribution >= 0.6 is 11.3 Å². The van der Waals surface area contributed by atoms with Crippen LogP contribution in [0.3, 0.4) is 0 Å². The van der Waals surface area contributed by atoms with Gasteiger partial charge in [-0.05, 0) is 43.0 Å². The SMILES string of the molecule is CC(C)(C)C(=O)/C=c1\[nH]c(=O)/c(=C/c2ccc(N3CCCCC3)cc2)s1. The lowest BCUT2D eigenvalue weighted by molar-refractivity contribution is -0.119. The number of ketones is 1. The van der Waals surface area contributed by atoms with E-state index in [0.717, 1.165) is 18.7 Å². The second-order valence-corrected chi connectivity index (χ2v) is 8.91. The third kappa shape index (κ3) is 4.52. The molecule has 0 bridgehead atoms. The Hall–Kier alpha value is -2.14. The van der Waals surface area contributed by atoms with Gasteiger partial charge in [-0.2, -0.15) is 0 Å². The maximum Gasteiger partial charge on any atom is 0.266 e. The van der Waals surface area contributed by atoms with Crippen molar-refractivity contribution in [3.63, 3.8) is 0 Å². The minimum absolute atomic E-state index is 0.00688. The lowest BCUT2D eigenvalue weighted by atomic mass is 9.91. The van der Waals surface area contributed by atoms with Crippen LogP contribution in [0.1, 0.15) is 45.6 Å². The van der Waals surface area contributed by atoms with Crippen LogP contribution in [0.25, 0.3) is 12.2 Å². The molecule has 1 aliphatic heterocycles. The van der Waals surface area contributed by atoms with Gasteiger partial charge in [-0.15, -0.1) is 11.3 Å². The minimum Gasteiger partial charge on any atom is -0.372 e. The van der Waals surface area contributed by atoms with Crippen LogP contribution in [-0.2, 0) is 4.79 Å². The van der Waals surface area contributed by atoms with Gasteiger partial charge in [0.05, 0.1) is 9.20 Å². The quantitative estimate of drug-likeness (QED) is 0.904. The Morgan fingerprint density at radius 2 is 1.77 bits per heavy atom. The summed E-state index contributed by atoms with van der Waals surface area (Å²) >= 11 is 1.32. The van der Waals surface area contributed by atoms with E-state index in [1.807, 2.05) is 39.0 Å². The molecule has 0 radical (unpaired) electrons. The van der Waals surface area contributed by atoms with Crippen molar-refractivity contribution < 1.29 is 4.79 Å². The number of hydrogen-bond donors (Lipinski definition) is 1. The van der Waals surface area contributed by atoms with Gasteiger partial charge in [0.25, 0.3) is 5.56 Å². The van der Waals surface area contributed by atoms with E-state index in [2.05, 4.69) is 22.0 Å². The summed E-state index contributed by atoms with van der Waals surface area (Å²) < 4.78 is 1.22. The molecule has 0 amide bonds. The molecule has 2 aromatic rings. The zero-order valence-corrected chi connectivity index (χ0v) is 16.5. The number of Topliss-reactive ketones (excluding diaryl/α,β-unsaturated/α-hetero) is 1. The van der Waals surface area contributed by atoms with Gasteiger partial charge in [0.15, 0.2) is 5.78 Å². The van der Waals surface area contributed by atoms with Crippen molar-refractivity contribution in [1.82, 2.24) is 4.98 Å². The fourth-order valence-corrected chi connectivity index (χ4v) is 3.83. The van der Waals surface area contributed by atoms with E-state index in [1.165, 1.54) is 42.4 Å². The molecule has 1 fully saturated rings. The molecule has 0 saturated carbocycles. The number of benzene rings is 1. The Morgan fingerprint density at radius 1 is 1.12 bits per heavy atom. The number of aromatic amines is 1. The summed E-state index contributed by atoms with van der Waals surface area (Å²) in [6.45, 7) is 7.85. The van der Waals surface area contributed by atoms with E-state index in [9.17, 15) is 9.59 Å². The van der Waals surface area contributed by atoms with Crippen molar-refractivity contribution in [3.8, 4) is 0 Å². The third-order valence-electron chi connectivity index (χ3n) is 4.59. The molecule has 0 aliphatic carbocycles. The Kier molecular flexibility index (Phi) is 5.47. The van der Waals surface area contributed by atoms with Gasteiger partial charge in [0.1, 0.15) is 0 Å². The molecule has 2 heterocycles. The van der Waals surface area contributed by atoms with Crippen molar-refractivity contribution in [1.29, 1.82) is 0 Å². The highest BCUT2D eigenvalue weighted by atomic mass is 32.1. The molecule has 0 unspecified atom stereocenters. The number of carbonyl (C=O) groups is 1. The number of thiazole rings is 1. The van der Waals surface area contributed by atoms with Crippen LogP contribution in [0, 0.1) is 5.41 Å². The molecule has 1 N–H and O–H groups in total. The zero-order valence-electron chi connectivity index (χ0n) is 15.7. The summed E-state index contributed by atoms with van der Waals surface area (Å²) in [6, 6.07) is 8.34. The summed E-state index contributed by atoms with van der Waals surface area (Å²) in [5.41, 5.74) is 1.64. The van der Waals surface area contributed by atoms with E-state index in [-0.39, 0.29) is 11.3 Å². The number of nitrogens with one attached hydrogen (secondary N) is 1. The van der Waals surface area contributed by atoms with Crippen LogP contribution in [0.4, 0.5) is 5.69 Å². The number of anilines is 1. The number of piperidine rings is 1. The molecular weight excluding hydrogens is 344 g/mol. The number of carbonyl (C=O) groups excluding carboxylic acids is 1. The van der Waals surface area contributed by atoms with Gasteiger partial charge >= 0.3 is 0 Å². The van der Waals surface area contributed by atoms with Gasteiger partial charge in [-0.3, -0.25) is 9.59 Å². The van der Waals surface area contributed by atoms with E-state index < -0.39 is 5.41 Å². The summed E-state index contributed by atoms with van der Waals surface area (Å²) in [5.74, 6) is 0.00688. The molecule has 1 saturated heterocycles. The maximum atomic E-state index is 12.2. The van der Waals surface area contributed by atoms with Crippen LogP contribution < -0.4 is 19.7 Å². The molecule has 3 rings (SSSR count). The van der Waals surface area contributed by atoms with Crippen LogP contribution in [0.5, 0.6) is 0 Å². The van der Waals surface area contributed by atoms with E-state index in [4.69, 9.17) is 0 Å². The first-order valence-corrected chi connectivity index (χ1v) is 9.97. The van der Waals surface area contributed by atoms with Gasteiger partial charge in [0.2, 0.25) is 0 Å². The van der Waals surface area contributed by atoms with E-state index in [1.54, 1.807) is 0 Å². The Morgan fingerprint density at radius 3 is 2.38 bits per heavy atom.